The van der Waals surface area contributed by atoms with Crippen LogP contribution in [-0.2, 0) is 19.4 Å². The Labute approximate surface area is 121 Å². The van der Waals surface area contributed by atoms with Gasteiger partial charge in [-0.15, -0.1) is 5.10 Å². The van der Waals surface area contributed by atoms with Gasteiger partial charge in [0.25, 0.3) is 5.91 Å². The van der Waals surface area contributed by atoms with Gasteiger partial charge in [0, 0.05) is 31.9 Å². The first-order valence-corrected chi connectivity index (χ1v) is 7.64. The van der Waals surface area contributed by atoms with Crippen LogP contribution in [0.2, 0.25) is 0 Å². The lowest BCUT2D eigenvalue weighted by molar-refractivity contribution is 0.0947. The second-order valence-corrected chi connectivity index (χ2v) is 5.76. The maximum absolute atomic E-state index is 12.1. The van der Waals surface area contributed by atoms with Crippen molar-refractivity contribution in [1.29, 1.82) is 0 Å². The van der Waals surface area contributed by atoms with Gasteiger partial charge in [-0.2, -0.15) is 0 Å². The van der Waals surface area contributed by atoms with Gasteiger partial charge < -0.3 is 9.88 Å². The third kappa shape index (κ3) is 2.58. The number of nitrogens with zero attached hydrogens (tertiary/aromatic N) is 4. The van der Waals surface area contributed by atoms with Crippen molar-refractivity contribution in [3.8, 4) is 0 Å². The molecule has 0 fully saturated rings. The largest absolute Gasteiger partial charge is 0.351 e. The summed E-state index contributed by atoms with van der Waals surface area (Å²) in [6.07, 6.45) is 6.59. The Morgan fingerprint density at radius 2 is 2.50 bits per heavy atom. The molecule has 2 aromatic rings. The van der Waals surface area contributed by atoms with Crippen molar-refractivity contribution in [1.82, 2.24) is 24.5 Å². The summed E-state index contributed by atoms with van der Waals surface area (Å²) in [4.78, 5) is 17.1. The fourth-order valence-electron chi connectivity index (χ4n) is 2.52. The molecule has 3 rings (SSSR count). The quantitative estimate of drug-likeness (QED) is 0.921. The Hall–Kier alpha value is -1.76. The van der Waals surface area contributed by atoms with E-state index in [4.69, 9.17) is 0 Å². The summed E-state index contributed by atoms with van der Waals surface area (Å²) in [7, 11) is 0. The summed E-state index contributed by atoms with van der Waals surface area (Å²) in [5.74, 6) is 1.52. The van der Waals surface area contributed by atoms with Crippen LogP contribution >= 0.6 is 11.5 Å². The molecular formula is C13H17N5OS. The molecule has 3 heterocycles. The van der Waals surface area contributed by atoms with Crippen molar-refractivity contribution in [2.75, 3.05) is 6.54 Å². The van der Waals surface area contributed by atoms with Gasteiger partial charge in [0.2, 0.25) is 0 Å². The molecule has 0 saturated heterocycles. The number of aryl methyl sites for hydroxylation is 2. The Balaban J connectivity index is 1.57. The first-order valence-electron chi connectivity index (χ1n) is 6.87. The lowest BCUT2D eigenvalue weighted by Crippen LogP contribution is -2.33. The molecule has 0 aromatic carbocycles. The van der Waals surface area contributed by atoms with Gasteiger partial charge in [-0.05, 0) is 30.3 Å². The van der Waals surface area contributed by atoms with E-state index < -0.39 is 0 Å². The third-order valence-electron chi connectivity index (χ3n) is 3.70. The molecule has 20 heavy (non-hydrogen) atoms. The topological polar surface area (TPSA) is 72.7 Å². The van der Waals surface area contributed by atoms with E-state index in [1.54, 1.807) is 0 Å². The van der Waals surface area contributed by atoms with E-state index in [9.17, 15) is 4.79 Å². The molecule has 6 nitrogen and oxygen atoms in total. The molecule has 0 radical (unpaired) electrons. The number of nitrogens with one attached hydrogen (secondary N) is 1. The monoisotopic (exact) mass is 291 g/mol. The molecule has 7 heteroatoms. The maximum atomic E-state index is 12.1. The highest BCUT2D eigenvalue weighted by Gasteiger charge is 2.21. The lowest BCUT2D eigenvalue weighted by Gasteiger charge is -2.23. The van der Waals surface area contributed by atoms with E-state index in [1.165, 1.54) is 11.5 Å². The summed E-state index contributed by atoms with van der Waals surface area (Å²) in [5.41, 5.74) is 0.784. The molecule has 1 amide bonds. The van der Waals surface area contributed by atoms with Crippen molar-refractivity contribution >= 4 is 17.4 Å². The zero-order chi connectivity index (χ0) is 13.9. The van der Waals surface area contributed by atoms with Crippen LogP contribution in [0.15, 0.2) is 12.4 Å². The summed E-state index contributed by atoms with van der Waals surface area (Å²) in [6.45, 7) is 3.65. The van der Waals surface area contributed by atoms with E-state index in [0.29, 0.717) is 17.3 Å². The minimum atomic E-state index is -0.0502. The van der Waals surface area contributed by atoms with Crippen molar-refractivity contribution in [3.63, 3.8) is 0 Å². The predicted molar refractivity (Wildman–Crippen MR) is 75.7 cm³/mol. The molecule has 1 aliphatic rings. The van der Waals surface area contributed by atoms with Crippen molar-refractivity contribution < 1.29 is 4.79 Å². The number of fused-ring (bicyclic) bond motifs is 1. The normalized spacial score (nSPS) is 17.8. The number of carbonyl (C=O) groups is 1. The van der Waals surface area contributed by atoms with Crippen LogP contribution in [0.3, 0.4) is 0 Å². The molecule has 1 aliphatic heterocycles. The summed E-state index contributed by atoms with van der Waals surface area (Å²) in [6, 6.07) is 0. The zero-order valence-corrected chi connectivity index (χ0v) is 12.2. The summed E-state index contributed by atoms with van der Waals surface area (Å²) >= 11 is 1.17. The molecular weight excluding hydrogens is 274 g/mol. The second kappa shape index (κ2) is 5.70. The molecule has 1 atom stereocenters. The van der Waals surface area contributed by atoms with Crippen molar-refractivity contribution in [2.24, 2.45) is 5.92 Å². The second-order valence-electron chi connectivity index (χ2n) is 5.01. The minimum absolute atomic E-state index is 0.0502. The average Bonchev–Trinajstić information content (AvgIpc) is 3.12. The SMILES string of the molecule is CCc1nnsc1C(=O)NC[C@@H]1CCn2ccnc2C1. The maximum Gasteiger partial charge on any atom is 0.264 e. The fourth-order valence-corrected chi connectivity index (χ4v) is 3.19. The average molecular weight is 291 g/mol. The number of amides is 1. The predicted octanol–water partition coefficient (Wildman–Crippen LogP) is 1.29. The van der Waals surface area contributed by atoms with Gasteiger partial charge in [0.1, 0.15) is 10.7 Å². The highest BCUT2D eigenvalue weighted by Crippen LogP contribution is 2.18. The van der Waals surface area contributed by atoms with Crippen LogP contribution in [0.4, 0.5) is 0 Å². The van der Waals surface area contributed by atoms with Crippen LogP contribution in [0, 0.1) is 5.92 Å². The minimum Gasteiger partial charge on any atom is -0.351 e. The highest BCUT2D eigenvalue weighted by atomic mass is 32.1. The van der Waals surface area contributed by atoms with Crippen LogP contribution in [-0.4, -0.2) is 31.6 Å². The molecule has 1 N–H and O–H groups in total. The Kier molecular flexibility index (Phi) is 3.77. The molecule has 0 bridgehead atoms. The van der Waals surface area contributed by atoms with Gasteiger partial charge in [0.15, 0.2) is 0 Å². The lowest BCUT2D eigenvalue weighted by atomic mass is 9.98. The number of carbonyl (C=O) groups excluding carboxylic acids is 1. The van der Waals surface area contributed by atoms with E-state index in [1.807, 2.05) is 19.3 Å². The molecule has 0 spiro atoms. The Bertz CT molecular complexity index is 605. The van der Waals surface area contributed by atoms with Crippen LogP contribution < -0.4 is 5.32 Å². The van der Waals surface area contributed by atoms with Crippen molar-refractivity contribution in [3.05, 3.63) is 28.8 Å². The van der Waals surface area contributed by atoms with E-state index in [-0.39, 0.29) is 5.91 Å². The fraction of sp³-hybridized carbons (Fsp3) is 0.538. The van der Waals surface area contributed by atoms with Crippen molar-refractivity contribution in [2.45, 2.75) is 32.7 Å². The highest BCUT2D eigenvalue weighted by molar-refractivity contribution is 7.08. The molecule has 2 aromatic heterocycles. The first-order chi connectivity index (χ1) is 9.78. The molecule has 0 aliphatic carbocycles. The van der Waals surface area contributed by atoms with Crippen LogP contribution in [0.1, 0.15) is 34.5 Å². The van der Waals surface area contributed by atoms with Crippen LogP contribution in [0.25, 0.3) is 0 Å². The van der Waals surface area contributed by atoms with Gasteiger partial charge in [-0.1, -0.05) is 11.4 Å². The van der Waals surface area contributed by atoms with E-state index >= 15 is 0 Å². The number of imidazole rings is 1. The summed E-state index contributed by atoms with van der Waals surface area (Å²) < 4.78 is 6.03. The van der Waals surface area contributed by atoms with E-state index in [2.05, 4.69) is 24.5 Å². The van der Waals surface area contributed by atoms with E-state index in [0.717, 1.165) is 37.3 Å². The number of hydrogen-bond donors (Lipinski definition) is 1. The zero-order valence-electron chi connectivity index (χ0n) is 11.4. The van der Waals surface area contributed by atoms with Gasteiger partial charge in [0.05, 0.1) is 5.69 Å². The smallest absolute Gasteiger partial charge is 0.264 e. The number of aromatic nitrogens is 4. The Morgan fingerprint density at radius 1 is 1.60 bits per heavy atom. The van der Waals surface area contributed by atoms with Crippen LogP contribution in [0.5, 0.6) is 0 Å². The van der Waals surface area contributed by atoms with Gasteiger partial charge in [-0.3, -0.25) is 4.79 Å². The van der Waals surface area contributed by atoms with Gasteiger partial charge in [-0.25, -0.2) is 4.98 Å². The standard InChI is InChI=1S/C13H17N5OS/c1-2-10-12(20-17-16-10)13(19)15-8-9-3-5-18-6-4-14-11(18)7-9/h4,6,9H,2-3,5,7-8H2,1H3,(H,15,19)/t9-/m1/s1. The third-order valence-corrected chi connectivity index (χ3v) is 4.47. The number of hydrogen-bond acceptors (Lipinski definition) is 5. The molecule has 0 saturated carbocycles. The molecule has 0 unspecified atom stereocenters. The molecule has 106 valence electrons. The Morgan fingerprint density at radius 3 is 3.35 bits per heavy atom. The van der Waals surface area contributed by atoms with Gasteiger partial charge >= 0.3 is 0 Å². The first kappa shape index (κ1) is 13.2. The number of rotatable bonds is 4. The summed E-state index contributed by atoms with van der Waals surface area (Å²) in [5, 5.41) is 6.97.